The number of nitrogens with zero attached hydrogens (tertiary/aromatic N) is 7. The molecule has 0 atom stereocenters. The van der Waals surface area contributed by atoms with Crippen molar-refractivity contribution in [1.82, 2.24) is 35.6 Å². The molecule has 0 radical (unpaired) electrons. The van der Waals surface area contributed by atoms with Crippen molar-refractivity contribution in [2.45, 2.75) is 6.54 Å². The van der Waals surface area contributed by atoms with E-state index in [1.807, 2.05) is 19.0 Å². The number of amides is 1. The van der Waals surface area contributed by atoms with Crippen LogP contribution in [0.15, 0.2) is 27.9 Å². The summed E-state index contributed by atoms with van der Waals surface area (Å²) in [5.74, 6) is 0.924. The highest BCUT2D eigenvalue weighted by molar-refractivity contribution is 5.94. The molecule has 1 aromatic carbocycles. The van der Waals surface area contributed by atoms with Gasteiger partial charge in [0.1, 0.15) is 0 Å². The number of carbonyl (C=O) groups is 1. The quantitative estimate of drug-likeness (QED) is 0.419. The molecule has 1 aliphatic heterocycles. The number of nitrogens with two attached hydrogens (primary N) is 1. The van der Waals surface area contributed by atoms with Gasteiger partial charge >= 0.3 is 0 Å². The molecule has 4 rings (SSSR count). The molecular weight excluding hydrogens is 382 g/mol. The Labute approximate surface area is 164 Å². The lowest BCUT2D eigenvalue weighted by molar-refractivity contribution is 0.0948. The zero-order valence-electron chi connectivity index (χ0n) is 15.6. The van der Waals surface area contributed by atoms with E-state index in [0.29, 0.717) is 23.7 Å². The minimum atomic E-state index is -0.542. The van der Waals surface area contributed by atoms with E-state index in [4.69, 9.17) is 15.2 Å². The van der Waals surface area contributed by atoms with E-state index in [0.717, 1.165) is 5.56 Å². The van der Waals surface area contributed by atoms with Gasteiger partial charge < -0.3 is 20.1 Å². The van der Waals surface area contributed by atoms with Gasteiger partial charge in [-0.1, -0.05) is 5.21 Å². The van der Waals surface area contributed by atoms with E-state index in [2.05, 4.69) is 35.8 Å². The molecule has 0 aliphatic carbocycles. The highest BCUT2D eigenvalue weighted by Crippen LogP contribution is 2.31. The molecule has 13 heteroatoms. The van der Waals surface area contributed by atoms with Crippen LogP contribution in [0.3, 0.4) is 0 Å². The molecule has 1 aliphatic rings. The number of benzene rings is 1. The van der Waals surface area contributed by atoms with Gasteiger partial charge in [0.15, 0.2) is 17.2 Å². The summed E-state index contributed by atoms with van der Waals surface area (Å²) < 4.78 is 16.5. The zero-order valence-corrected chi connectivity index (χ0v) is 15.6. The van der Waals surface area contributed by atoms with Crippen molar-refractivity contribution in [3.05, 3.63) is 35.2 Å². The van der Waals surface area contributed by atoms with E-state index < -0.39 is 5.91 Å². The summed E-state index contributed by atoms with van der Waals surface area (Å²) in [6, 6.07) is 5.31. The highest BCUT2D eigenvalue weighted by atomic mass is 16.7. The van der Waals surface area contributed by atoms with Gasteiger partial charge in [0.05, 0.1) is 11.9 Å². The molecule has 0 saturated carbocycles. The molecule has 1 amide bonds. The molecule has 0 bridgehead atoms. The SMILES string of the molecule is CN(C)Cc1c(C(=O)N/N=C\c2ccc3c(c2)OCO3)nnn1-c1nonc1N. The molecule has 3 heterocycles. The monoisotopic (exact) mass is 399 g/mol. The van der Waals surface area contributed by atoms with Crippen molar-refractivity contribution >= 4 is 17.9 Å². The number of ether oxygens (including phenoxy) is 2. The Balaban J connectivity index is 1.53. The Morgan fingerprint density at radius 2 is 2.17 bits per heavy atom. The smallest absolute Gasteiger partial charge is 0.293 e. The van der Waals surface area contributed by atoms with E-state index in [-0.39, 0.29) is 24.1 Å². The third-order valence-electron chi connectivity index (χ3n) is 3.92. The highest BCUT2D eigenvalue weighted by Gasteiger charge is 2.24. The maximum atomic E-state index is 12.6. The maximum absolute atomic E-state index is 12.6. The van der Waals surface area contributed by atoms with Crippen molar-refractivity contribution < 1.29 is 18.9 Å². The number of nitrogen functional groups attached to an aromatic ring is 1. The number of carbonyl (C=O) groups excluding carboxylic acids is 1. The van der Waals surface area contributed by atoms with Gasteiger partial charge in [-0.05, 0) is 48.2 Å². The van der Waals surface area contributed by atoms with Crippen molar-refractivity contribution in [3.63, 3.8) is 0 Å². The minimum Gasteiger partial charge on any atom is -0.454 e. The van der Waals surface area contributed by atoms with E-state index >= 15 is 0 Å². The molecule has 0 unspecified atom stereocenters. The predicted octanol–water partition coefficient (Wildman–Crippen LogP) is -0.213. The van der Waals surface area contributed by atoms with Crippen LogP contribution in [0.4, 0.5) is 5.82 Å². The summed E-state index contributed by atoms with van der Waals surface area (Å²) in [7, 11) is 3.67. The Morgan fingerprint density at radius 3 is 2.93 bits per heavy atom. The maximum Gasteiger partial charge on any atom is 0.293 e. The fraction of sp³-hybridized carbons (Fsp3) is 0.250. The minimum absolute atomic E-state index is 0.0303. The number of nitrogens with one attached hydrogen (secondary N) is 1. The van der Waals surface area contributed by atoms with Crippen molar-refractivity contribution in [2.75, 3.05) is 26.6 Å². The molecule has 150 valence electrons. The number of hydrazone groups is 1. The lowest BCUT2D eigenvalue weighted by Crippen LogP contribution is -2.23. The van der Waals surface area contributed by atoms with Gasteiger partial charge in [0, 0.05) is 6.54 Å². The molecule has 0 saturated heterocycles. The predicted molar refractivity (Wildman–Crippen MR) is 98.6 cm³/mol. The normalized spacial score (nSPS) is 12.8. The Morgan fingerprint density at radius 1 is 1.34 bits per heavy atom. The van der Waals surface area contributed by atoms with E-state index in [1.165, 1.54) is 10.9 Å². The van der Waals surface area contributed by atoms with Crippen LogP contribution in [0.5, 0.6) is 11.5 Å². The second-order valence-corrected chi connectivity index (χ2v) is 6.32. The third-order valence-corrected chi connectivity index (χ3v) is 3.92. The van der Waals surface area contributed by atoms with Crippen LogP contribution < -0.4 is 20.6 Å². The molecule has 13 nitrogen and oxygen atoms in total. The van der Waals surface area contributed by atoms with Crippen molar-refractivity contribution in [1.29, 1.82) is 0 Å². The molecule has 3 aromatic rings. The van der Waals surface area contributed by atoms with Crippen LogP contribution >= 0.6 is 0 Å². The first-order valence-corrected chi connectivity index (χ1v) is 8.43. The summed E-state index contributed by atoms with van der Waals surface area (Å²) in [6.07, 6.45) is 1.48. The Kier molecular flexibility index (Phi) is 4.78. The summed E-state index contributed by atoms with van der Waals surface area (Å²) in [6.45, 7) is 0.524. The topological polar surface area (TPSA) is 159 Å². The zero-order chi connectivity index (χ0) is 20.4. The molecule has 0 fully saturated rings. The first kappa shape index (κ1) is 18.4. The fourth-order valence-corrected chi connectivity index (χ4v) is 2.64. The van der Waals surface area contributed by atoms with Crippen molar-refractivity contribution in [3.8, 4) is 17.3 Å². The summed E-state index contributed by atoms with van der Waals surface area (Å²) >= 11 is 0. The van der Waals surface area contributed by atoms with Gasteiger partial charge in [0.2, 0.25) is 18.4 Å². The van der Waals surface area contributed by atoms with E-state index in [1.54, 1.807) is 18.2 Å². The summed E-state index contributed by atoms with van der Waals surface area (Å²) in [5, 5.41) is 19.1. The van der Waals surface area contributed by atoms with Gasteiger partial charge in [0.25, 0.3) is 5.91 Å². The van der Waals surface area contributed by atoms with Gasteiger partial charge in [-0.25, -0.2) is 10.1 Å². The molecule has 0 spiro atoms. The first-order valence-electron chi connectivity index (χ1n) is 8.43. The average molecular weight is 399 g/mol. The Hall–Kier alpha value is -4.00. The standard InChI is InChI=1S/C16H17N9O4/c1-24(2)7-10-13(19-23-25(10)15-14(17)21-29-22-15)16(26)20-18-6-9-3-4-11-12(5-9)28-8-27-11/h3-6H,7-8H2,1-2H3,(H2,17,21)(H,20,26)/b18-6-. The number of hydrogen-bond donors (Lipinski definition) is 2. The van der Waals surface area contributed by atoms with Gasteiger partial charge in [-0.15, -0.1) is 5.10 Å². The molecular formula is C16H17N9O4. The third kappa shape index (κ3) is 3.70. The fourth-order valence-electron chi connectivity index (χ4n) is 2.64. The van der Waals surface area contributed by atoms with Gasteiger partial charge in [-0.3, -0.25) is 4.79 Å². The van der Waals surface area contributed by atoms with E-state index in [9.17, 15) is 4.79 Å². The van der Waals surface area contributed by atoms with Gasteiger partial charge in [-0.2, -0.15) is 9.78 Å². The van der Waals surface area contributed by atoms with Crippen molar-refractivity contribution in [2.24, 2.45) is 5.10 Å². The molecule has 3 N–H and O–H groups in total. The lowest BCUT2D eigenvalue weighted by atomic mass is 10.2. The van der Waals surface area contributed by atoms with Crippen LogP contribution in [0, 0.1) is 0 Å². The van der Waals surface area contributed by atoms with Crippen LogP contribution in [-0.4, -0.2) is 63.2 Å². The second-order valence-electron chi connectivity index (χ2n) is 6.32. The van der Waals surface area contributed by atoms with Crippen LogP contribution in [0.1, 0.15) is 21.7 Å². The average Bonchev–Trinajstić information content (AvgIpc) is 3.40. The second kappa shape index (κ2) is 7.55. The number of fused-ring (bicyclic) bond motifs is 1. The Bertz CT molecular complexity index is 1070. The molecule has 29 heavy (non-hydrogen) atoms. The van der Waals surface area contributed by atoms with Crippen LogP contribution in [0.25, 0.3) is 5.82 Å². The van der Waals surface area contributed by atoms with Crippen LogP contribution in [-0.2, 0) is 6.54 Å². The lowest BCUT2D eigenvalue weighted by Gasteiger charge is -2.11. The molecule has 2 aromatic heterocycles. The summed E-state index contributed by atoms with van der Waals surface area (Å²) in [4.78, 5) is 14.4. The number of hydrogen-bond acceptors (Lipinski definition) is 11. The number of anilines is 1. The number of aromatic nitrogens is 5. The van der Waals surface area contributed by atoms with Crippen LogP contribution in [0.2, 0.25) is 0 Å². The first-order chi connectivity index (χ1) is 14.0. The summed E-state index contributed by atoms with van der Waals surface area (Å²) in [5.41, 5.74) is 9.42. The largest absolute Gasteiger partial charge is 0.454 e. The number of rotatable bonds is 6.